The van der Waals surface area contributed by atoms with Crippen molar-refractivity contribution in [1.82, 2.24) is 9.55 Å². The van der Waals surface area contributed by atoms with Crippen LogP contribution < -0.4 is 14.5 Å². The van der Waals surface area contributed by atoms with Crippen LogP contribution in [0.1, 0.15) is 47.2 Å². The van der Waals surface area contributed by atoms with Gasteiger partial charge in [0.25, 0.3) is 0 Å². The fraction of sp³-hybridized carbons (Fsp3) is 0.0847. The molecule has 0 radical (unpaired) electrons. The van der Waals surface area contributed by atoms with Crippen molar-refractivity contribution >= 4 is 38.9 Å². The molecule has 65 heavy (non-hydrogen) atoms. The number of ether oxygens (including phenoxy) is 1. The summed E-state index contributed by atoms with van der Waals surface area (Å²) in [6, 6.07) is 73.2. The number of nitrogens with zero attached hydrogens (tertiary/aromatic N) is 4. The van der Waals surface area contributed by atoms with Gasteiger partial charge in [-0.1, -0.05) is 159 Å². The van der Waals surface area contributed by atoms with E-state index in [4.69, 9.17) is 9.72 Å². The maximum atomic E-state index is 6.87. The van der Waals surface area contributed by atoms with E-state index in [2.05, 4.69) is 212 Å². The van der Waals surface area contributed by atoms with Crippen LogP contribution in [0.4, 0.5) is 17.1 Å². The Morgan fingerprint density at radius 3 is 1.86 bits per heavy atom. The predicted octanol–water partition coefficient (Wildman–Crippen LogP) is 13.9. The van der Waals surface area contributed by atoms with Crippen LogP contribution in [0, 0.1) is 18.8 Å². The normalized spacial score (nSPS) is 14.7. The Bertz CT molecular complexity index is 3410. The van der Waals surface area contributed by atoms with Crippen LogP contribution in [0.2, 0.25) is 0 Å². The van der Waals surface area contributed by atoms with Crippen molar-refractivity contribution in [1.29, 1.82) is 0 Å². The van der Waals surface area contributed by atoms with Crippen LogP contribution in [-0.4, -0.2) is 16.6 Å². The van der Waals surface area contributed by atoms with Crippen molar-refractivity contribution in [2.75, 3.05) is 16.8 Å². The van der Waals surface area contributed by atoms with Crippen molar-refractivity contribution < 1.29 is 25.8 Å². The molecule has 3 aliphatic rings. The van der Waals surface area contributed by atoms with Crippen LogP contribution in [0.15, 0.2) is 188 Å². The molecule has 1 spiro atoms. The van der Waals surface area contributed by atoms with Crippen molar-refractivity contribution in [2.24, 2.45) is 0 Å². The van der Waals surface area contributed by atoms with E-state index in [1.54, 1.807) is 0 Å². The number of para-hydroxylation sites is 2. The third kappa shape index (κ3) is 5.65. The fourth-order valence-corrected chi connectivity index (χ4v) is 11.1. The number of aromatic nitrogens is 2. The summed E-state index contributed by atoms with van der Waals surface area (Å²) in [5.41, 5.74) is 16.6. The van der Waals surface area contributed by atoms with Gasteiger partial charge in [0, 0.05) is 66.5 Å². The molecule has 10 aromatic rings. The Morgan fingerprint density at radius 1 is 0.538 bits per heavy atom. The second-order valence-electron chi connectivity index (χ2n) is 17.7. The Hall–Kier alpha value is -7.20. The fourth-order valence-electron chi connectivity index (χ4n) is 11.1. The van der Waals surface area contributed by atoms with Gasteiger partial charge in [0.15, 0.2) is 0 Å². The first-order chi connectivity index (χ1) is 31.4. The monoisotopic (exact) mass is 1020 g/mol. The molecule has 5 nitrogen and oxygen atoms in total. The molecule has 0 unspecified atom stereocenters. The molecule has 4 heterocycles. The molecule has 0 atom stereocenters. The molecule has 0 fully saturated rings. The summed E-state index contributed by atoms with van der Waals surface area (Å²) in [7, 11) is 2.14. The number of hydrogen-bond donors (Lipinski definition) is 0. The Kier molecular flexibility index (Phi) is 8.89. The molecule has 0 saturated carbocycles. The van der Waals surface area contributed by atoms with E-state index in [9.17, 15) is 0 Å². The second kappa shape index (κ2) is 14.7. The van der Waals surface area contributed by atoms with E-state index in [0.717, 1.165) is 50.2 Å². The number of anilines is 3. The van der Waals surface area contributed by atoms with Gasteiger partial charge in [-0.15, -0.1) is 35.2 Å². The second-order valence-corrected chi connectivity index (χ2v) is 17.7. The van der Waals surface area contributed by atoms with E-state index < -0.39 is 5.41 Å². The van der Waals surface area contributed by atoms with Crippen molar-refractivity contribution in [3.63, 3.8) is 0 Å². The zero-order valence-electron chi connectivity index (χ0n) is 36.0. The maximum absolute atomic E-state index is 6.87. The molecular formula is C59H41N4OPt-3. The van der Waals surface area contributed by atoms with Crippen LogP contribution >= 0.6 is 0 Å². The number of pyridine rings is 1. The van der Waals surface area contributed by atoms with E-state index >= 15 is 0 Å². The third-order valence-electron chi connectivity index (χ3n) is 13.9. The largest absolute Gasteiger partial charge is 0.509 e. The standard InChI is InChI=1S/C59H41N4O.Pt/c1-58(2)46-29-24-40(38-15-6-4-7-16-38)33-50(46)59(51-34-41(25-30-47(51)58)39-17-8-5-9-18-39)48-31-27-43(36-55(48)62-37-61(3)53-22-14-20-49(59)57(53)62)64-42-26-28-45-44-19-10-11-21-52(44)63(54(45)35-42)56-23-12-13-32-60-56;/h4-34,37H,1-3H3;/q-3;. The van der Waals surface area contributed by atoms with Gasteiger partial charge in [-0.05, 0) is 86.8 Å². The smallest absolute Gasteiger partial charge is 0.135 e. The molecule has 1 aliphatic carbocycles. The van der Waals surface area contributed by atoms with Gasteiger partial charge >= 0.3 is 0 Å². The topological polar surface area (TPSA) is 33.5 Å². The molecule has 6 heteroatoms. The van der Waals surface area contributed by atoms with Crippen LogP contribution in [-0.2, 0) is 31.9 Å². The maximum Gasteiger partial charge on any atom is 0.135 e. The zero-order chi connectivity index (χ0) is 42.7. The van der Waals surface area contributed by atoms with Gasteiger partial charge < -0.3 is 19.1 Å². The first-order valence-electron chi connectivity index (χ1n) is 21.9. The number of fused-ring (bicyclic) bond motifs is 11. The summed E-state index contributed by atoms with van der Waals surface area (Å²) in [6.45, 7) is 6.97. The molecule has 8 aromatic carbocycles. The SMILES string of the molecule is CN1[CH-]N2c3[c-]c(Oc4[c-]c5c(cc4)c4ccccc4n5-c4ccccn4)ccc3C3(c4cc(-c5ccccc5)ccc4C(C)(C)c4ccc(-c5ccccc5)cc43)c3cccc1c32.[Pt]. The molecule has 2 aromatic heterocycles. The van der Waals surface area contributed by atoms with Gasteiger partial charge in [-0.2, -0.15) is 18.8 Å². The van der Waals surface area contributed by atoms with E-state index in [-0.39, 0.29) is 26.5 Å². The number of hydrogen-bond acceptors (Lipinski definition) is 4. The average molecular weight is 1020 g/mol. The number of rotatable bonds is 5. The van der Waals surface area contributed by atoms with E-state index in [1.165, 1.54) is 50.1 Å². The Labute approximate surface area is 393 Å². The minimum atomic E-state index is -0.713. The first-order valence-corrected chi connectivity index (χ1v) is 21.9. The average Bonchev–Trinajstić information content (AvgIpc) is 3.86. The molecule has 316 valence electrons. The minimum Gasteiger partial charge on any atom is -0.509 e. The molecule has 13 rings (SSSR count). The molecule has 0 saturated heterocycles. The van der Waals surface area contributed by atoms with Gasteiger partial charge in [0.05, 0.1) is 0 Å². The molecule has 0 amide bonds. The minimum absolute atomic E-state index is 0. The quantitative estimate of drug-likeness (QED) is 0.161. The Balaban J connectivity index is 0.00000444. The molecule has 0 N–H and O–H groups in total. The summed E-state index contributed by atoms with van der Waals surface area (Å²) in [5.74, 6) is 2.05. The van der Waals surface area contributed by atoms with Gasteiger partial charge in [0.1, 0.15) is 5.82 Å². The van der Waals surface area contributed by atoms with Gasteiger partial charge in [0.2, 0.25) is 0 Å². The Morgan fingerprint density at radius 2 is 1.17 bits per heavy atom. The molecular weight excluding hydrogens is 976 g/mol. The van der Waals surface area contributed by atoms with Crippen LogP contribution in [0.25, 0.3) is 49.9 Å². The van der Waals surface area contributed by atoms with Crippen molar-refractivity contribution in [3.8, 4) is 39.6 Å². The van der Waals surface area contributed by atoms with Crippen molar-refractivity contribution in [2.45, 2.75) is 24.7 Å². The van der Waals surface area contributed by atoms with Crippen molar-refractivity contribution in [3.05, 3.63) is 240 Å². The van der Waals surface area contributed by atoms with Crippen LogP contribution in [0.5, 0.6) is 11.5 Å². The summed E-state index contributed by atoms with van der Waals surface area (Å²) in [6.07, 6.45) is 1.83. The summed E-state index contributed by atoms with van der Waals surface area (Å²) in [4.78, 5) is 9.30. The number of benzene rings is 8. The summed E-state index contributed by atoms with van der Waals surface area (Å²) < 4.78 is 9.03. The predicted molar refractivity (Wildman–Crippen MR) is 259 cm³/mol. The first kappa shape index (κ1) is 39.4. The molecule has 0 bridgehead atoms. The third-order valence-corrected chi connectivity index (χ3v) is 13.9. The van der Waals surface area contributed by atoms with Crippen LogP contribution in [0.3, 0.4) is 0 Å². The van der Waals surface area contributed by atoms with Gasteiger partial charge in [-0.25, -0.2) is 4.98 Å². The van der Waals surface area contributed by atoms with E-state index in [1.807, 2.05) is 30.5 Å². The van der Waals surface area contributed by atoms with Gasteiger partial charge in [-0.3, -0.25) is 0 Å². The molecule has 2 aliphatic heterocycles. The van der Waals surface area contributed by atoms with E-state index in [0.29, 0.717) is 11.5 Å². The summed E-state index contributed by atoms with van der Waals surface area (Å²) in [5, 5.41) is 2.23. The zero-order valence-corrected chi connectivity index (χ0v) is 38.3. The summed E-state index contributed by atoms with van der Waals surface area (Å²) >= 11 is 0.